The lowest BCUT2D eigenvalue weighted by Gasteiger charge is -2.16. The molecule has 1 saturated carbocycles. The monoisotopic (exact) mass is 224 g/mol. The minimum atomic E-state index is -0.697. The third kappa shape index (κ3) is 2.53. The normalized spacial score (nSPS) is 30.9. The van der Waals surface area contributed by atoms with Gasteiger partial charge in [-0.15, -0.1) is 0 Å². The van der Waals surface area contributed by atoms with Crippen molar-refractivity contribution in [1.29, 1.82) is 0 Å². The SMILES string of the molecule is C=C/C=C(\C)[C@@H](C[C@@H]1C[C@@]1(C)C(=O)O)OC. The van der Waals surface area contributed by atoms with Crippen LogP contribution in [0.15, 0.2) is 24.3 Å². The summed E-state index contributed by atoms with van der Waals surface area (Å²) in [4.78, 5) is 11.0. The second kappa shape index (κ2) is 4.83. The molecule has 16 heavy (non-hydrogen) atoms. The molecule has 0 aromatic rings. The molecule has 1 aliphatic carbocycles. The molecule has 1 rings (SSSR count). The van der Waals surface area contributed by atoms with Crippen molar-refractivity contribution in [3.8, 4) is 0 Å². The van der Waals surface area contributed by atoms with Crippen LogP contribution >= 0.6 is 0 Å². The number of aliphatic carboxylic acids is 1. The van der Waals surface area contributed by atoms with Crippen LogP contribution in [-0.4, -0.2) is 24.3 Å². The molecule has 1 fully saturated rings. The molecule has 1 aliphatic rings. The van der Waals surface area contributed by atoms with E-state index in [1.54, 1.807) is 20.1 Å². The van der Waals surface area contributed by atoms with Crippen molar-refractivity contribution in [2.24, 2.45) is 11.3 Å². The van der Waals surface area contributed by atoms with Crippen LogP contribution in [0.3, 0.4) is 0 Å². The summed E-state index contributed by atoms with van der Waals surface area (Å²) in [6.07, 6.45) is 5.17. The van der Waals surface area contributed by atoms with Crippen molar-refractivity contribution >= 4 is 5.97 Å². The summed E-state index contributed by atoms with van der Waals surface area (Å²) in [7, 11) is 1.66. The van der Waals surface area contributed by atoms with Crippen LogP contribution in [0, 0.1) is 11.3 Å². The molecule has 0 saturated heterocycles. The molecular formula is C13H20O3. The van der Waals surface area contributed by atoms with Crippen LogP contribution in [0.25, 0.3) is 0 Å². The van der Waals surface area contributed by atoms with E-state index in [0.29, 0.717) is 0 Å². The third-order valence-corrected chi connectivity index (χ3v) is 3.57. The first-order valence-corrected chi connectivity index (χ1v) is 5.51. The van der Waals surface area contributed by atoms with Gasteiger partial charge in [0, 0.05) is 7.11 Å². The van der Waals surface area contributed by atoms with Gasteiger partial charge in [0.05, 0.1) is 11.5 Å². The average Bonchev–Trinajstić information content (AvgIpc) is 2.88. The maximum Gasteiger partial charge on any atom is 0.309 e. The van der Waals surface area contributed by atoms with Gasteiger partial charge in [-0.05, 0) is 38.2 Å². The lowest BCUT2D eigenvalue weighted by molar-refractivity contribution is -0.143. The quantitative estimate of drug-likeness (QED) is 0.705. The Kier molecular flexibility index (Phi) is 3.92. The van der Waals surface area contributed by atoms with Gasteiger partial charge in [-0.3, -0.25) is 4.79 Å². The van der Waals surface area contributed by atoms with Gasteiger partial charge in [-0.1, -0.05) is 18.7 Å². The Morgan fingerprint density at radius 2 is 2.38 bits per heavy atom. The number of carboxylic acid groups (broad SMARTS) is 1. The summed E-state index contributed by atoms with van der Waals surface area (Å²) in [5, 5.41) is 9.04. The van der Waals surface area contributed by atoms with Crippen molar-refractivity contribution in [2.45, 2.75) is 32.8 Å². The zero-order chi connectivity index (χ0) is 12.3. The molecular weight excluding hydrogens is 204 g/mol. The number of ether oxygens (including phenoxy) is 1. The second-order valence-corrected chi connectivity index (χ2v) is 4.73. The number of rotatable bonds is 6. The highest BCUT2D eigenvalue weighted by Gasteiger charge is 2.56. The second-order valence-electron chi connectivity index (χ2n) is 4.73. The highest BCUT2D eigenvalue weighted by Crippen LogP contribution is 2.55. The average molecular weight is 224 g/mol. The zero-order valence-electron chi connectivity index (χ0n) is 10.2. The van der Waals surface area contributed by atoms with Gasteiger partial charge in [0.1, 0.15) is 0 Å². The molecule has 0 radical (unpaired) electrons. The zero-order valence-corrected chi connectivity index (χ0v) is 10.2. The molecule has 0 spiro atoms. The Hall–Kier alpha value is -1.09. The van der Waals surface area contributed by atoms with Gasteiger partial charge in [-0.25, -0.2) is 0 Å². The standard InChI is InChI=1S/C13H20O3/c1-5-6-9(2)11(16-4)7-10-8-13(10,3)12(14)15/h5-6,10-11H,1,7-8H2,2-4H3,(H,14,15)/b9-6+/t10-,11-,13-/m1/s1. The summed E-state index contributed by atoms with van der Waals surface area (Å²) in [6, 6.07) is 0. The smallest absolute Gasteiger partial charge is 0.309 e. The first kappa shape index (κ1) is 13.0. The number of allylic oxidation sites excluding steroid dienone is 2. The van der Waals surface area contributed by atoms with Crippen LogP contribution in [0.5, 0.6) is 0 Å². The largest absolute Gasteiger partial charge is 0.481 e. The molecule has 3 heteroatoms. The Morgan fingerprint density at radius 3 is 2.75 bits per heavy atom. The number of carboxylic acids is 1. The highest BCUT2D eigenvalue weighted by atomic mass is 16.5. The summed E-state index contributed by atoms with van der Waals surface area (Å²) in [5.41, 5.74) is 0.558. The number of hydrogen-bond acceptors (Lipinski definition) is 2. The molecule has 0 bridgehead atoms. The van der Waals surface area contributed by atoms with Gasteiger partial charge >= 0.3 is 5.97 Å². The Bertz CT molecular complexity index is 319. The first-order valence-electron chi connectivity index (χ1n) is 5.51. The lowest BCUT2D eigenvalue weighted by atomic mass is 9.99. The van der Waals surface area contributed by atoms with E-state index in [2.05, 4.69) is 6.58 Å². The van der Waals surface area contributed by atoms with Crippen LogP contribution < -0.4 is 0 Å². The molecule has 3 atom stereocenters. The van der Waals surface area contributed by atoms with E-state index < -0.39 is 11.4 Å². The topological polar surface area (TPSA) is 46.5 Å². The number of methoxy groups -OCH3 is 1. The molecule has 0 aromatic heterocycles. The van der Waals surface area contributed by atoms with Crippen molar-refractivity contribution in [3.05, 3.63) is 24.3 Å². The van der Waals surface area contributed by atoms with Gasteiger partial charge in [0.25, 0.3) is 0 Å². The molecule has 0 heterocycles. The van der Waals surface area contributed by atoms with E-state index in [-0.39, 0.29) is 12.0 Å². The molecule has 0 aromatic carbocycles. The highest BCUT2D eigenvalue weighted by molar-refractivity contribution is 5.78. The molecule has 1 N–H and O–H groups in total. The molecule has 0 amide bonds. The lowest BCUT2D eigenvalue weighted by Crippen LogP contribution is -2.18. The van der Waals surface area contributed by atoms with Gasteiger partial charge < -0.3 is 9.84 Å². The summed E-state index contributed by atoms with van der Waals surface area (Å²) in [6.45, 7) is 7.43. The van der Waals surface area contributed by atoms with E-state index in [1.165, 1.54) is 0 Å². The Morgan fingerprint density at radius 1 is 1.75 bits per heavy atom. The van der Waals surface area contributed by atoms with Crippen molar-refractivity contribution in [3.63, 3.8) is 0 Å². The maximum atomic E-state index is 11.0. The Balaban J connectivity index is 2.58. The van der Waals surface area contributed by atoms with Crippen molar-refractivity contribution in [2.75, 3.05) is 7.11 Å². The summed E-state index contributed by atoms with van der Waals surface area (Å²) < 4.78 is 5.38. The fraction of sp³-hybridized carbons (Fsp3) is 0.615. The van der Waals surface area contributed by atoms with Crippen molar-refractivity contribution in [1.82, 2.24) is 0 Å². The minimum Gasteiger partial charge on any atom is -0.481 e. The predicted molar refractivity (Wildman–Crippen MR) is 63.2 cm³/mol. The fourth-order valence-electron chi connectivity index (χ4n) is 2.08. The van der Waals surface area contributed by atoms with Crippen LogP contribution in [0.2, 0.25) is 0 Å². The fourth-order valence-corrected chi connectivity index (χ4v) is 2.08. The van der Waals surface area contributed by atoms with Crippen LogP contribution in [-0.2, 0) is 9.53 Å². The minimum absolute atomic E-state index is 0.00387. The van der Waals surface area contributed by atoms with Crippen LogP contribution in [0.1, 0.15) is 26.7 Å². The number of hydrogen-bond donors (Lipinski definition) is 1. The molecule has 0 aliphatic heterocycles. The maximum absolute atomic E-state index is 11.0. The van der Waals surface area contributed by atoms with E-state index >= 15 is 0 Å². The van der Waals surface area contributed by atoms with E-state index in [9.17, 15) is 4.79 Å². The van der Waals surface area contributed by atoms with E-state index in [4.69, 9.17) is 9.84 Å². The molecule has 3 nitrogen and oxygen atoms in total. The summed E-state index contributed by atoms with van der Waals surface area (Å²) >= 11 is 0. The van der Waals surface area contributed by atoms with E-state index in [1.807, 2.05) is 13.0 Å². The predicted octanol–water partition coefficient (Wildman–Crippen LogP) is 2.63. The van der Waals surface area contributed by atoms with Crippen LogP contribution in [0.4, 0.5) is 0 Å². The third-order valence-electron chi connectivity index (χ3n) is 3.57. The van der Waals surface area contributed by atoms with E-state index in [0.717, 1.165) is 18.4 Å². The van der Waals surface area contributed by atoms with Gasteiger partial charge in [0.2, 0.25) is 0 Å². The van der Waals surface area contributed by atoms with Gasteiger partial charge in [0.15, 0.2) is 0 Å². The molecule has 90 valence electrons. The van der Waals surface area contributed by atoms with Crippen molar-refractivity contribution < 1.29 is 14.6 Å². The molecule has 0 unspecified atom stereocenters. The first-order chi connectivity index (χ1) is 7.45. The number of carbonyl (C=O) groups is 1. The Labute approximate surface area is 96.8 Å². The van der Waals surface area contributed by atoms with Gasteiger partial charge in [-0.2, -0.15) is 0 Å². The summed E-state index contributed by atoms with van der Waals surface area (Å²) in [5.74, 6) is -0.471.